The maximum atomic E-state index is 12.3. The average Bonchev–Trinajstić information content (AvgIpc) is 2.95. The van der Waals surface area contributed by atoms with Crippen LogP contribution in [-0.4, -0.2) is 5.78 Å². The first-order valence-corrected chi connectivity index (χ1v) is 6.62. The molecule has 3 aliphatic rings. The van der Waals surface area contributed by atoms with Gasteiger partial charge in [0.15, 0.2) is 0 Å². The van der Waals surface area contributed by atoms with Crippen molar-refractivity contribution in [2.45, 2.75) is 38.5 Å². The van der Waals surface area contributed by atoms with E-state index in [4.69, 9.17) is 0 Å². The summed E-state index contributed by atoms with van der Waals surface area (Å²) in [6, 6.07) is 0. The molecule has 0 radical (unpaired) electrons. The van der Waals surface area contributed by atoms with Crippen molar-refractivity contribution in [3.63, 3.8) is 0 Å². The van der Waals surface area contributed by atoms with Crippen molar-refractivity contribution in [1.82, 2.24) is 0 Å². The molecule has 4 unspecified atom stereocenters. The highest BCUT2D eigenvalue weighted by Crippen LogP contribution is 2.45. The van der Waals surface area contributed by atoms with Crippen molar-refractivity contribution in [3.8, 4) is 0 Å². The van der Waals surface area contributed by atoms with Gasteiger partial charge in [-0.1, -0.05) is 24.3 Å². The van der Waals surface area contributed by atoms with Crippen LogP contribution in [0.25, 0.3) is 0 Å². The molecule has 0 amide bonds. The van der Waals surface area contributed by atoms with E-state index in [0.29, 0.717) is 29.5 Å². The van der Waals surface area contributed by atoms with Crippen molar-refractivity contribution in [2.24, 2.45) is 23.7 Å². The molecule has 0 saturated heterocycles. The molecule has 4 atom stereocenters. The second-order valence-corrected chi connectivity index (χ2v) is 5.80. The van der Waals surface area contributed by atoms with Gasteiger partial charge in [-0.2, -0.15) is 0 Å². The molecule has 3 rings (SSSR count). The monoisotopic (exact) mass is 216 g/mol. The number of rotatable bonds is 3. The van der Waals surface area contributed by atoms with Gasteiger partial charge in [-0.15, -0.1) is 0 Å². The van der Waals surface area contributed by atoms with Crippen LogP contribution >= 0.6 is 0 Å². The van der Waals surface area contributed by atoms with Crippen LogP contribution in [0, 0.1) is 23.7 Å². The van der Waals surface area contributed by atoms with Crippen molar-refractivity contribution >= 4 is 5.78 Å². The lowest BCUT2D eigenvalue weighted by Gasteiger charge is -2.19. The lowest BCUT2D eigenvalue weighted by atomic mass is 9.84. The Morgan fingerprint density at radius 1 is 1.38 bits per heavy atom. The minimum atomic E-state index is 0.350. The minimum absolute atomic E-state index is 0.350. The lowest BCUT2D eigenvalue weighted by Crippen LogP contribution is -2.21. The highest BCUT2D eigenvalue weighted by Gasteiger charge is 2.40. The van der Waals surface area contributed by atoms with Gasteiger partial charge in [-0.25, -0.2) is 0 Å². The van der Waals surface area contributed by atoms with E-state index in [2.05, 4.69) is 18.7 Å². The van der Waals surface area contributed by atoms with E-state index >= 15 is 0 Å². The Kier molecular flexibility index (Phi) is 2.49. The Hall–Kier alpha value is -0.850. The molecule has 1 heteroatoms. The normalized spacial score (nSPS) is 40.9. The molecule has 0 spiro atoms. The molecule has 0 N–H and O–H groups in total. The molecule has 0 heterocycles. The second-order valence-electron chi connectivity index (χ2n) is 5.80. The second kappa shape index (κ2) is 3.87. The summed E-state index contributed by atoms with van der Waals surface area (Å²) in [6.07, 6.45) is 11.3. The topological polar surface area (TPSA) is 17.1 Å². The van der Waals surface area contributed by atoms with Crippen LogP contribution in [0.5, 0.6) is 0 Å². The van der Waals surface area contributed by atoms with Crippen molar-refractivity contribution in [1.29, 1.82) is 0 Å². The average molecular weight is 216 g/mol. The van der Waals surface area contributed by atoms with Gasteiger partial charge in [0.25, 0.3) is 0 Å². The summed E-state index contributed by atoms with van der Waals surface area (Å²) in [5.74, 6) is 2.67. The summed E-state index contributed by atoms with van der Waals surface area (Å²) >= 11 is 0. The van der Waals surface area contributed by atoms with Crippen LogP contribution in [0.1, 0.15) is 38.5 Å². The predicted molar refractivity (Wildman–Crippen MR) is 64.9 cm³/mol. The van der Waals surface area contributed by atoms with Gasteiger partial charge in [0.2, 0.25) is 0 Å². The number of fused-ring (bicyclic) bond motifs is 2. The smallest absolute Gasteiger partial charge is 0.137 e. The summed E-state index contributed by atoms with van der Waals surface area (Å²) < 4.78 is 0. The molecule has 2 saturated carbocycles. The Labute approximate surface area is 97.6 Å². The number of allylic oxidation sites excluding steroid dienone is 3. The van der Waals surface area contributed by atoms with Crippen LogP contribution in [0.3, 0.4) is 0 Å². The highest BCUT2D eigenvalue weighted by molar-refractivity contribution is 5.82. The molecule has 2 bridgehead atoms. The van der Waals surface area contributed by atoms with E-state index in [-0.39, 0.29) is 0 Å². The first-order chi connectivity index (χ1) is 7.74. The summed E-state index contributed by atoms with van der Waals surface area (Å²) in [7, 11) is 0. The molecule has 0 aromatic heterocycles. The van der Waals surface area contributed by atoms with E-state index < -0.39 is 0 Å². The summed E-state index contributed by atoms with van der Waals surface area (Å²) in [4.78, 5) is 12.3. The third kappa shape index (κ3) is 1.66. The zero-order chi connectivity index (χ0) is 11.1. The molecule has 1 nitrogen and oxygen atoms in total. The highest BCUT2D eigenvalue weighted by atomic mass is 16.1. The van der Waals surface area contributed by atoms with E-state index in [9.17, 15) is 4.79 Å². The predicted octanol–water partition coefficient (Wildman–Crippen LogP) is 3.51. The maximum absolute atomic E-state index is 12.3. The summed E-state index contributed by atoms with van der Waals surface area (Å²) in [6.45, 7) is 4.10. The number of carbonyl (C=O) groups is 1. The van der Waals surface area contributed by atoms with Gasteiger partial charge in [0.05, 0.1) is 0 Å². The third-order valence-electron chi connectivity index (χ3n) is 4.77. The molecular formula is C15H20O. The summed E-state index contributed by atoms with van der Waals surface area (Å²) in [5.41, 5.74) is 1.33. The fourth-order valence-corrected chi connectivity index (χ4v) is 3.78. The molecule has 3 aliphatic carbocycles. The van der Waals surface area contributed by atoms with E-state index in [1.165, 1.54) is 24.8 Å². The maximum Gasteiger partial charge on any atom is 0.137 e. The summed E-state index contributed by atoms with van der Waals surface area (Å²) in [5, 5.41) is 0. The lowest BCUT2D eigenvalue weighted by molar-refractivity contribution is -0.124. The van der Waals surface area contributed by atoms with Gasteiger partial charge >= 0.3 is 0 Å². The van der Waals surface area contributed by atoms with Gasteiger partial charge in [0, 0.05) is 12.3 Å². The molecule has 0 aliphatic heterocycles. The van der Waals surface area contributed by atoms with Crippen LogP contribution in [0.4, 0.5) is 0 Å². The Morgan fingerprint density at radius 3 is 2.81 bits per heavy atom. The first kappa shape index (κ1) is 10.3. The Bertz CT molecular complexity index is 352. The molecular weight excluding hydrogens is 196 g/mol. The van der Waals surface area contributed by atoms with Crippen molar-refractivity contribution in [2.75, 3.05) is 0 Å². The third-order valence-corrected chi connectivity index (χ3v) is 4.77. The Balaban J connectivity index is 1.61. The SMILES string of the molecule is C=C1CCCC1CC(=O)C1CC2C=CC1C2. The first-order valence-electron chi connectivity index (χ1n) is 6.62. The standard InChI is InChI=1S/C15H20O/c1-10-3-2-4-12(10)9-15(16)14-8-11-5-6-13(14)7-11/h5-6,11-14H,1-4,7-9H2. The number of hydrogen-bond acceptors (Lipinski definition) is 1. The fraction of sp³-hybridized carbons (Fsp3) is 0.667. The quantitative estimate of drug-likeness (QED) is 0.660. The molecule has 86 valence electrons. The van der Waals surface area contributed by atoms with Gasteiger partial charge in [0.1, 0.15) is 5.78 Å². The zero-order valence-corrected chi connectivity index (χ0v) is 9.82. The largest absolute Gasteiger partial charge is 0.299 e. The van der Waals surface area contributed by atoms with Crippen LogP contribution in [-0.2, 0) is 4.79 Å². The molecule has 0 aromatic rings. The van der Waals surface area contributed by atoms with E-state index in [1.807, 2.05) is 0 Å². The number of Topliss-reactive ketones (excluding diaryl/α,β-unsaturated/α-hetero) is 1. The van der Waals surface area contributed by atoms with Crippen LogP contribution < -0.4 is 0 Å². The van der Waals surface area contributed by atoms with Crippen LogP contribution in [0.2, 0.25) is 0 Å². The zero-order valence-electron chi connectivity index (χ0n) is 9.82. The minimum Gasteiger partial charge on any atom is -0.299 e. The van der Waals surface area contributed by atoms with E-state index in [0.717, 1.165) is 19.3 Å². The number of carbonyl (C=O) groups excluding carboxylic acids is 1. The fourth-order valence-electron chi connectivity index (χ4n) is 3.78. The number of ketones is 1. The molecule has 2 fully saturated rings. The van der Waals surface area contributed by atoms with Gasteiger partial charge < -0.3 is 0 Å². The molecule has 16 heavy (non-hydrogen) atoms. The molecule has 0 aromatic carbocycles. The Morgan fingerprint density at radius 2 is 2.25 bits per heavy atom. The van der Waals surface area contributed by atoms with Gasteiger partial charge in [-0.05, 0) is 49.9 Å². The van der Waals surface area contributed by atoms with Crippen molar-refractivity contribution in [3.05, 3.63) is 24.3 Å². The van der Waals surface area contributed by atoms with Crippen LogP contribution in [0.15, 0.2) is 24.3 Å². The van der Waals surface area contributed by atoms with Crippen molar-refractivity contribution < 1.29 is 4.79 Å². The number of hydrogen-bond donors (Lipinski definition) is 0. The van der Waals surface area contributed by atoms with E-state index in [1.54, 1.807) is 0 Å². The van der Waals surface area contributed by atoms with Gasteiger partial charge in [-0.3, -0.25) is 4.79 Å².